The number of hydrogen-bond donors (Lipinski definition) is 0. The number of likely N-dealkylation sites (N-methyl/N-ethyl adjacent to an activating group) is 1. The highest BCUT2D eigenvalue weighted by atomic mass is 16.6. The Bertz CT molecular complexity index is 834. The van der Waals surface area contributed by atoms with E-state index in [9.17, 15) is 9.59 Å². The number of carbonyl (C=O) groups excluding carboxylic acids is 2. The molecule has 1 aliphatic rings. The largest absolute Gasteiger partial charge is 0.493 e. The molecule has 0 bridgehead atoms. The van der Waals surface area contributed by atoms with Crippen LogP contribution in [0.4, 0.5) is 0 Å². The summed E-state index contributed by atoms with van der Waals surface area (Å²) in [4.78, 5) is 26.4. The number of benzene rings is 2. The highest BCUT2D eigenvalue weighted by Gasteiger charge is 2.23. The van der Waals surface area contributed by atoms with Crippen molar-refractivity contribution in [2.45, 2.75) is 13.0 Å². The van der Waals surface area contributed by atoms with Gasteiger partial charge in [-0.25, -0.2) is 4.79 Å². The Kier molecular flexibility index (Phi) is 6.03. The Hall–Kier alpha value is -3.22. The quantitative estimate of drug-likeness (QED) is 0.712. The lowest BCUT2D eigenvalue weighted by Gasteiger charge is -2.25. The number of rotatable bonds is 6. The van der Waals surface area contributed by atoms with Gasteiger partial charge in [0.15, 0.2) is 18.1 Å². The predicted molar refractivity (Wildman–Crippen MR) is 102 cm³/mol. The van der Waals surface area contributed by atoms with Crippen LogP contribution in [0.1, 0.15) is 28.9 Å². The molecule has 0 aliphatic carbocycles. The van der Waals surface area contributed by atoms with Crippen LogP contribution in [-0.2, 0) is 9.53 Å². The zero-order valence-electron chi connectivity index (χ0n) is 16.1. The van der Waals surface area contributed by atoms with Gasteiger partial charge in [0.25, 0.3) is 5.91 Å². The average molecular weight is 385 g/mol. The molecule has 2 aromatic carbocycles. The van der Waals surface area contributed by atoms with Gasteiger partial charge < -0.3 is 23.8 Å². The van der Waals surface area contributed by atoms with Crippen molar-refractivity contribution in [1.29, 1.82) is 0 Å². The second-order valence-electron chi connectivity index (χ2n) is 6.37. The molecule has 148 valence electrons. The Morgan fingerprint density at radius 3 is 2.57 bits per heavy atom. The molecule has 1 aliphatic heterocycles. The van der Waals surface area contributed by atoms with Gasteiger partial charge >= 0.3 is 5.97 Å². The van der Waals surface area contributed by atoms with Crippen LogP contribution >= 0.6 is 0 Å². The number of methoxy groups -OCH3 is 1. The van der Waals surface area contributed by atoms with Gasteiger partial charge in [-0.15, -0.1) is 0 Å². The van der Waals surface area contributed by atoms with Gasteiger partial charge in [-0.3, -0.25) is 4.79 Å². The van der Waals surface area contributed by atoms with E-state index in [2.05, 4.69) is 0 Å². The number of fused-ring (bicyclic) bond motifs is 1. The molecule has 7 heteroatoms. The Morgan fingerprint density at radius 1 is 1.14 bits per heavy atom. The standard InChI is InChI=1S/C21H23NO6/c1-14(15-7-5-4-6-8-15)22(2)19(23)13-28-21(24)16-11-17(25-3)20-18(12-16)26-9-10-27-20/h4-8,11-12,14H,9-10,13H2,1-3H3/t14-/m1/s1. The minimum Gasteiger partial charge on any atom is -0.493 e. The maximum absolute atomic E-state index is 12.4. The van der Waals surface area contributed by atoms with Crippen molar-refractivity contribution < 1.29 is 28.5 Å². The molecule has 1 amide bonds. The van der Waals surface area contributed by atoms with E-state index < -0.39 is 5.97 Å². The van der Waals surface area contributed by atoms with E-state index >= 15 is 0 Å². The molecule has 0 radical (unpaired) electrons. The van der Waals surface area contributed by atoms with Gasteiger partial charge in [-0.2, -0.15) is 0 Å². The molecule has 0 spiro atoms. The smallest absolute Gasteiger partial charge is 0.338 e. The summed E-state index contributed by atoms with van der Waals surface area (Å²) in [5.41, 5.74) is 1.23. The van der Waals surface area contributed by atoms with E-state index in [4.69, 9.17) is 18.9 Å². The van der Waals surface area contributed by atoms with Gasteiger partial charge in [0, 0.05) is 7.05 Å². The second-order valence-corrected chi connectivity index (χ2v) is 6.37. The fourth-order valence-corrected chi connectivity index (χ4v) is 2.87. The van der Waals surface area contributed by atoms with Crippen LogP contribution in [0.2, 0.25) is 0 Å². The number of hydrogen-bond acceptors (Lipinski definition) is 6. The summed E-state index contributed by atoms with van der Waals surface area (Å²) in [6.07, 6.45) is 0. The summed E-state index contributed by atoms with van der Waals surface area (Å²) < 4.78 is 21.5. The van der Waals surface area contributed by atoms with E-state index in [1.165, 1.54) is 19.2 Å². The molecule has 0 saturated heterocycles. The highest BCUT2D eigenvalue weighted by molar-refractivity contribution is 5.93. The summed E-state index contributed by atoms with van der Waals surface area (Å²) in [5, 5.41) is 0. The number of amides is 1. The van der Waals surface area contributed by atoms with Crippen molar-refractivity contribution in [2.24, 2.45) is 0 Å². The maximum Gasteiger partial charge on any atom is 0.338 e. The molecule has 0 fully saturated rings. The zero-order chi connectivity index (χ0) is 20.1. The fourth-order valence-electron chi connectivity index (χ4n) is 2.87. The SMILES string of the molecule is COc1cc(C(=O)OCC(=O)N(C)[C@H](C)c2ccccc2)cc2c1OCCO2. The Morgan fingerprint density at radius 2 is 1.86 bits per heavy atom. The molecular weight excluding hydrogens is 362 g/mol. The second kappa shape index (κ2) is 8.65. The minimum absolute atomic E-state index is 0.137. The third-order valence-electron chi connectivity index (χ3n) is 4.65. The first-order valence-corrected chi connectivity index (χ1v) is 8.96. The van der Waals surface area contributed by atoms with Gasteiger partial charge in [0.1, 0.15) is 13.2 Å². The summed E-state index contributed by atoms with van der Waals surface area (Å²) in [5.74, 6) is 0.320. The lowest BCUT2D eigenvalue weighted by atomic mass is 10.1. The molecule has 0 N–H and O–H groups in total. The molecule has 1 heterocycles. The van der Waals surface area contributed by atoms with Crippen LogP contribution in [-0.4, -0.2) is 50.8 Å². The number of esters is 1. The first-order chi connectivity index (χ1) is 13.5. The normalized spacial score (nSPS) is 13.4. The van der Waals surface area contributed by atoms with Crippen molar-refractivity contribution in [2.75, 3.05) is 34.0 Å². The van der Waals surface area contributed by atoms with E-state index in [1.54, 1.807) is 11.9 Å². The van der Waals surface area contributed by atoms with Gasteiger partial charge in [0.05, 0.1) is 18.7 Å². The first-order valence-electron chi connectivity index (χ1n) is 8.96. The number of nitrogens with zero attached hydrogens (tertiary/aromatic N) is 1. The molecule has 7 nitrogen and oxygen atoms in total. The third-order valence-corrected chi connectivity index (χ3v) is 4.65. The van der Waals surface area contributed by atoms with Crippen LogP contribution in [0.15, 0.2) is 42.5 Å². The van der Waals surface area contributed by atoms with E-state index in [1.807, 2.05) is 37.3 Å². The third kappa shape index (κ3) is 4.19. The Labute approximate surface area is 163 Å². The fraction of sp³-hybridized carbons (Fsp3) is 0.333. The van der Waals surface area contributed by atoms with E-state index in [0.717, 1.165) is 5.56 Å². The Balaban J connectivity index is 1.64. The van der Waals surface area contributed by atoms with Crippen LogP contribution in [0.25, 0.3) is 0 Å². The molecule has 3 rings (SSSR count). The predicted octanol–water partition coefficient (Wildman–Crippen LogP) is 2.84. The van der Waals surface area contributed by atoms with Crippen molar-refractivity contribution >= 4 is 11.9 Å². The molecule has 0 saturated carbocycles. The van der Waals surface area contributed by atoms with Crippen molar-refractivity contribution in [3.05, 3.63) is 53.6 Å². The highest BCUT2D eigenvalue weighted by Crippen LogP contribution is 2.40. The summed E-state index contributed by atoms with van der Waals surface area (Å²) >= 11 is 0. The van der Waals surface area contributed by atoms with Crippen LogP contribution in [0.3, 0.4) is 0 Å². The summed E-state index contributed by atoms with van der Waals surface area (Å²) in [6.45, 7) is 2.35. The molecule has 2 aromatic rings. The van der Waals surface area contributed by atoms with Gasteiger partial charge in [0.2, 0.25) is 5.75 Å². The molecule has 0 unspecified atom stereocenters. The minimum atomic E-state index is -0.635. The first kappa shape index (κ1) is 19.5. The molecule has 0 aromatic heterocycles. The average Bonchev–Trinajstić information content (AvgIpc) is 2.75. The van der Waals surface area contributed by atoms with Crippen molar-refractivity contribution in [3.8, 4) is 17.2 Å². The van der Waals surface area contributed by atoms with Crippen molar-refractivity contribution in [1.82, 2.24) is 4.90 Å². The van der Waals surface area contributed by atoms with Gasteiger partial charge in [-0.05, 0) is 24.6 Å². The van der Waals surface area contributed by atoms with E-state index in [-0.39, 0.29) is 24.1 Å². The molecular formula is C21H23NO6. The van der Waals surface area contributed by atoms with Crippen molar-refractivity contribution in [3.63, 3.8) is 0 Å². The molecule has 1 atom stereocenters. The monoisotopic (exact) mass is 385 g/mol. The maximum atomic E-state index is 12.4. The zero-order valence-corrected chi connectivity index (χ0v) is 16.1. The molecule has 28 heavy (non-hydrogen) atoms. The number of ether oxygens (including phenoxy) is 4. The summed E-state index contributed by atoms with van der Waals surface area (Å²) in [7, 11) is 3.16. The van der Waals surface area contributed by atoms with E-state index in [0.29, 0.717) is 30.5 Å². The number of carbonyl (C=O) groups is 2. The van der Waals surface area contributed by atoms with Gasteiger partial charge in [-0.1, -0.05) is 30.3 Å². The topological polar surface area (TPSA) is 74.3 Å². The van der Waals surface area contributed by atoms with Crippen LogP contribution in [0.5, 0.6) is 17.2 Å². The lowest BCUT2D eigenvalue weighted by Crippen LogP contribution is -2.33. The van der Waals surface area contributed by atoms with Crippen LogP contribution < -0.4 is 14.2 Å². The summed E-state index contributed by atoms with van der Waals surface area (Å²) in [6, 6.07) is 12.5. The lowest BCUT2D eigenvalue weighted by molar-refractivity contribution is -0.135. The van der Waals surface area contributed by atoms with Crippen LogP contribution in [0, 0.1) is 0 Å².